The van der Waals surface area contributed by atoms with Crippen LogP contribution in [0.1, 0.15) is 13.8 Å². The molecule has 1 amide bonds. The van der Waals surface area contributed by atoms with E-state index in [1.165, 1.54) is 0 Å². The van der Waals surface area contributed by atoms with Crippen LogP contribution in [0, 0.1) is 0 Å². The van der Waals surface area contributed by atoms with Crippen LogP contribution in [0.3, 0.4) is 0 Å². The maximum Gasteiger partial charge on any atom is 0.232 e. The van der Waals surface area contributed by atoms with Crippen molar-refractivity contribution in [3.63, 3.8) is 0 Å². The van der Waals surface area contributed by atoms with E-state index in [0.717, 1.165) is 13.1 Å². The van der Waals surface area contributed by atoms with Crippen molar-refractivity contribution in [2.75, 3.05) is 18.8 Å². The zero-order chi connectivity index (χ0) is 9.84. The molecular formula is C8H16N2O2S. The van der Waals surface area contributed by atoms with Gasteiger partial charge >= 0.3 is 0 Å². The molecule has 4 nitrogen and oxygen atoms in total. The second-order valence-corrected chi connectivity index (χ2v) is 5.49. The van der Waals surface area contributed by atoms with E-state index in [2.05, 4.69) is 10.6 Å². The van der Waals surface area contributed by atoms with E-state index < -0.39 is 10.8 Å². The molecule has 0 saturated carbocycles. The van der Waals surface area contributed by atoms with Gasteiger partial charge in [0.2, 0.25) is 5.91 Å². The Balaban J connectivity index is 2.20. The molecule has 1 heterocycles. The molecule has 76 valence electrons. The number of amides is 1. The highest BCUT2D eigenvalue weighted by atomic mass is 32.2. The van der Waals surface area contributed by atoms with Crippen LogP contribution in [-0.2, 0) is 15.6 Å². The van der Waals surface area contributed by atoms with Crippen molar-refractivity contribution in [2.24, 2.45) is 0 Å². The first kappa shape index (κ1) is 10.7. The molecule has 0 spiro atoms. The molecule has 1 saturated heterocycles. The Bertz CT molecular complexity index is 214. The highest BCUT2D eigenvalue weighted by molar-refractivity contribution is 7.86. The standard InChI is InChI=1S/C8H16N2O2S/c1-6(2)13(12)5-8(11)10-7-3-9-4-7/h6-7,9H,3-5H2,1-2H3,(H,10,11). The number of nitrogens with one attached hydrogen (secondary N) is 2. The van der Waals surface area contributed by atoms with Gasteiger partial charge in [0.05, 0.1) is 6.04 Å². The van der Waals surface area contributed by atoms with Gasteiger partial charge in [0.25, 0.3) is 0 Å². The molecule has 13 heavy (non-hydrogen) atoms. The Morgan fingerprint density at radius 1 is 1.62 bits per heavy atom. The first-order valence-corrected chi connectivity index (χ1v) is 5.85. The molecule has 0 radical (unpaired) electrons. The van der Waals surface area contributed by atoms with Gasteiger partial charge in [0.1, 0.15) is 5.75 Å². The zero-order valence-corrected chi connectivity index (χ0v) is 8.82. The summed E-state index contributed by atoms with van der Waals surface area (Å²) in [5, 5.41) is 5.92. The van der Waals surface area contributed by atoms with E-state index in [0.29, 0.717) is 0 Å². The normalized spacial score (nSPS) is 19.6. The predicted octanol–water partition coefficient (Wildman–Crippen LogP) is -0.768. The fourth-order valence-corrected chi connectivity index (χ4v) is 1.63. The van der Waals surface area contributed by atoms with Crippen molar-refractivity contribution >= 4 is 16.7 Å². The topological polar surface area (TPSA) is 58.2 Å². The fourth-order valence-electron chi connectivity index (χ4n) is 0.956. The summed E-state index contributed by atoms with van der Waals surface area (Å²) < 4.78 is 11.3. The molecule has 1 aliphatic heterocycles. The second-order valence-electron chi connectivity index (χ2n) is 3.50. The van der Waals surface area contributed by atoms with Gasteiger partial charge in [0, 0.05) is 29.1 Å². The van der Waals surface area contributed by atoms with Crippen molar-refractivity contribution in [3.8, 4) is 0 Å². The second kappa shape index (κ2) is 4.72. The summed E-state index contributed by atoms with van der Waals surface area (Å²) >= 11 is 0. The van der Waals surface area contributed by atoms with Crippen molar-refractivity contribution in [3.05, 3.63) is 0 Å². The molecular weight excluding hydrogens is 188 g/mol. The smallest absolute Gasteiger partial charge is 0.232 e. The summed E-state index contributed by atoms with van der Waals surface area (Å²) in [6.45, 7) is 5.38. The Morgan fingerprint density at radius 3 is 2.62 bits per heavy atom. The lowest BCUT2D eigenvalue weighted by atomic mass is 10.2. The minimum absolute atomic E-state index is 0.0604. The highest BCUT2D eigenvalue weighted by Crippen LogP contribution is 1.95. The lowest BCUT2D eigenvalue weighted by Crippen LogP contribution is -2.57. The Hall–Kier alpha value is -0.420. The van der Waals surface area contributed by atoms with Gasteiger partial charge in [-0.1, -0.05) is 13.8 Å². The van der Waals surface area contributed by atoms with Gasteiger partial charge in [-0.2, -0.15) is 0 Å². The molecule has 0 aliphatic carbocycles. The first-order valence-electron chi connectivity index (χ1n) is 4.47. The maximum absolute atomic E-state index is 11.3. The van der Waals surface area contributed by atoms with Crippen LogP contribution < -0.4 is 10.6 Å². The Kier molecular flexibility index (Phi) is 3.87. The molecule has 1 unspecified atom stereocenters. The molecule has 0 aromatic carbocycles. The van der Waals surface area contributed by atoms with Gasteiger partial charge in [-0.3, -0.25) is 9.00 Å². The molecule has 1 rings (SSSR count). The fraction of sp³-hybridized carbons (Fsp3) is 0.875. The van der Waals surface area contributed by atoms with E-state index in [-0.39, 0.29) is 23.0 Å². The molecule has 5 heteroatoms. The van der Waals surface area contributed by atoms with E-state index in [1.807, 2.05) is 13.8 Å². The third-order valence-electron chi connectivity index (χ3n) is 1.95. The van der Waals surface area contributed by atoms with Crippen molar-refractivity contribution < 1.29 is 9.00 Å². The van der Waals surface area contributed by atoms with Crippen LogP contribution in [0.15, 0.2) is 0 Å². The van der Waals surface area contributed by atoms with Gasteiger partial charge in [-0.25, -0.2) is 0 Å². The third kappa shape index (κ3) is 3.44. The Labute approximate surface area is 80.9 Å². The van der Waals surface area contributed by atoms with E-state index in [4.69, 9.17) is 0 Å². The number of carbonyl (C=O) groups is 1. The quantitative estimate of drug-likeness (QED) is 0.632. The molecule has 0 aromatic rings. The lowest BCUT2D eigenvalue weighted by molar-refractivity contribution is -0.119. The SMILES string of the molecule is CC(C)S(=O)CC(=O)NC1CNC1. The average molecular weight is 204 g/mol. The van der Waals surface area contributed by atoms with Crippen molar-refractivity contribution in [2.45, 2.75) is 25.1 Å². The average Bonchev–Trinajstić information content (AvgIpc) is 1.96. The van der Waals surface area contributed by atoms with Gasteiger partial charge in [-0.15, -0.1) is 0 Å². The summed E-state index contributed by atoms with van der Waals surface area (Å²) in [6.07, 6.45) is 0. The number of rotatable bonds is 4. The van der Waals surface area contributed by atoms with Crippen molar-refractivity contribution in [1.29, 1.82) is 0 Å². The number of carbonyl (C=O) groups excluding carboxylic acids is 1. The molecule has 0 aromatic heterocycles. The molecule has 0 bridgehead atoms. The number of hydrogen-bond donors (Lipinski definition) is 2. The molecule has 2 N–H and O–H groups in total. The lowest BCUT2D eigenvalue weighted by Gasteiger charge is -2.27. The molecule has 1 aliphatic rings. The summed E-state index contributed by atoms with van der Waals surface area (Å²) in [5.41, 5.74) is 0. The molecule has 1 fully saturated rings. The maximum atomic E-state index is 11.3. The van der Waals surface area contributed by atoms with Crippen LogP contribution in [-0.4, -0.2) is 40.3 Å². The third-order valence-corrected chi connectivity index (χ3v) is 3.54. The minimum Gasteiger partial charge on any atom is -0.350 e. The van der Waals surface area contributed by atoms with Crippen LogP contribution in [0.2, 0.25) is 0 Å². The summed E-state index contributed by atoms with van der Waals surface area (Å²) in [6, 6.07) is 0.247. The zero-order valence-electron chi connectivity index (χ0n) is 8.00. The highest BCUT2D eigenvalue weighted by Gasteiger charge is 2.20. The van der Waals surface area contributed by atoms with Crippen LogP contribution in [0.5, 0.6) is 0 Å². The first-order chi connectivity index (χ1) is 6.09. The number of hydrogen-bond acceptors (Lipinski definition) is 3. The van der Waals surface area contributed by atoms with Gasteiger partial charge in [0.15, 0.2) is 0 Å². The molecule has 1 atom stereocenters. The van der Waals surface area contributed by atoms with Crippen LogP contribution in [0.25, 0.3) is 0 Å². The van der Waals surface area contributed by atoms with E-state index in [1.54, 1.807) is 0 Å². The van der Waals surface area contributed by atoms with Gasteiger partial charge < -0.3 is 10.6 Å². The van der Waals surface area contributed by atoms with E-state index in [9.17, 15) is 9.00 Å². The minimum atomic E-state index is -1.03. The van der Waals surface area contributed by atoms with Gasteiger partial charge in [-0.05, 0) is 0 Å². The summed E-state index contributed by atoms with van der Waals surface area (Å²) in [7, 11) is -1.03. The summed E-state index contributed by atoms with van der Waals surface area (Å²) in [5.74, 6) is 0.0345. The van der Waals surface area contributed by atoms with Crippen LogP contribution >= 0.6 is 0 Å². The Morgan fingerprint density at radius 2 is 2.23 bits per heavy atom. The van der Waals surface area contributed by atoms with E-state index >= 15 is 0 Å². The van der Waals surface area contributed by atoms with Crippen molar-refractivity contribution in [1.82, 2.24) is 10.6 Å². The van der Waals surface area contributed by atoms with Crippen LogP contribution in [0.4, 0.5) is 0 Å². The monoisotopic (exact) mass is 204 g/mol. The summed E-state index contributed by atoms with van der Waals surface area (Å²) in [4.78, 5) is 11.2. The largest absolute Gasteiger partial charge is 0.350 e. The predicted molar refractivity (Wildman–Crippen MR) is 52.9 cm³/mol.